The van der Waals surface area contributed by atoms with E-state index in [1.807, 2.05) is 0 Å². The average Bonchev–Trinajstić information content (AvgIpc) is 1.85. The van der Waals surface area contributed by atoms with Crippen molar-refractivity contribution in [1.82, 2.24) is 0 Å². The van der Waals surface area contributed by atoms with Crippen molar-refractivity contribution >= 4 is 12.1 Å². The molecule has 0 aromatic rings. The van der Waals surface area contributed by atoms with Crippen LogP contribution in [0.2, 0.25) is 0 Å². The molecule has 0 saturated heterocycles. The molecule has 3 nitrogen and oxygen atoms in total. The van der Waals surface area contributed by atoms with Crippen molar-refractivity contribution in [3.05, 3.63) is 25.6 Å². The zero-order chi connectivity index (χ0) is 7.11. The molecule has 0 amide bonds. The molecule has 0 unspecified atom stereocenters. The first-order valence-corrected chi connectivity index (χ1v) is 2.39. The zero-order valence-corrected chi connectivity index (χ0v) is 5.12. The Kier molecular flexibility index (Phi) is 4.04. The number of hydrogen-bond acceptors (Lipinski definition) is 2. The van der Waals surface area contributed by atoms with Gasteiger partial charge in [0.1, 0.15) is 5.84 Å². The van der Waals surface area contributed by atoms with Crippen LogP contribution in [0.5, 0.6) is 0 Å². The fourth-order valence-corrected chi connectivity index (χ4v) is 0.268. The zero-order valence-electron chi connectivity index (χ0n) is 5.12. The van der Waals surface area contributed by atoms with Crippen LogP contribution in [0.25, 0.3) is 0 Å². The highest BCUT2D eigenvalue weighted by Gasteiger charge is 1.76. The molecule has 0 bridgehead atoms. The molecular formula is C6H9N3. The summed E-state index contributed by atoms with van der Waals surface area (Å²) in [5.74, 6) is 0.324. The lowest BCUT2D eigenvalue weighted by Crippen LogP contribution is -2.11. The fraction of sp³-hybridized carbons (Fsp3) is 0. The van der Waals surface area contributed by atoms with Gasteiger partial charge in [0, 0.05) is 12.4 Å². The first kappa shape index (κ1) is 7.62. The molecule has 0 aromatic heterocycles. The normalized spacial score (nSPS) is 11.8. The Morgan fingerprint density at radius 3 is 2.44 bits per heavy atom. The first-order chi connectivity index (χ1) is 4.31. The van der Waals surface area contributed by atoms with Gasteiger partial charge in [-0.15, -0.1) is 0 Å². The van der Waals surface area contributed by atoms with Crippen LogP contribution in [0.1, 0.15) is 0 Å². The number of aliphatic imine (C=N–C) groups is 2. The van der Waals surface area contributed by atoms with Gasteiger partial charge in [-0.05, 0) is 0 Å². The van der Waals surface area contributed by atoms with Gasteiger partial charge < -0.3 is 5.73 Å². The maximum absolute atomic E-state index is 5.25. The summed E-state index contributed by atoms with van der Waals surface area (Å²) in [7, 11) is 0. The van der Waals surface area contributed by atoms with Gasteiger partial charge in [-0.3, -0.25) is 4.99 Å². The number of rotatable bonds is 3. The molecule has 2 N–H and O–H groups in total. The van der Waals surface area contributed by atoms with Gasteiger partial charge in [0.2, 0.25) is 0 Å². The molecule has 48 valence electrons. The molecule has 0 heterocycles. The molecule has 0 radical (unpaired) electrons. The Hall–Kier alpha value is -1.38. The van der Waals surface area contributed by atoms with Gasteiger partial charge in [0.15, 0.2) is 0 Å². The molecule has 0 saturated carbocycles. The molecule has 0 fully saturated rings. The number of hydrogen-bond donors (Lipinski definition) is 1. The van der Waals surface area contributed by atoms with Crippen molar-refractivity contribution in [3.8, 4) is 0 Å². The predicted molar refractivity (Wildman–Crippen MR) is 40.5 cm³/mol. The Bertz CT molecular complexity index is 156. The minimum atomic E-state index is 0.324. The SMILES string of the molecule is C=CN=CC(N)=NC=C. The second-order valence-corrected chi connectivity index (χ2v) is 1.20. The van der Waals surface area contributed by atoms with Crippen LogP contribution in [-0.4, -0.2) is 12.1 Å². The second kappa shape index (κ2) is 4.77. The van der Waals surface area contributed by atoms with Crippen molar-refractivity contribution in [1.29, 1.82) is 0 Å². The maximum atomic E-state index is 5.25. The van der Waals surface area contributed by atoms with E-state index in [1.54, 1.807) is 0 Å². The van der Waals surface area contributed by atoms with Crippen LogP contribution < -0.4 is 5.73 Å². The number of amidine groups is 1. The summed E-state index contributed by atoms with van der Waals surface area (Å²) >= 11 is 0. The summed E-state index contributed by atoms with van der Waals surface area (Å²) in [4.78, 5) is 7.25. The lowest BCUT2D eigenvalue weighted by atomic mass is 10.6. The Morgan fingerprint density at radius 1 is 1.33 bits per heavy atom. The van der Waals surface area contributed by atoms with Crippen LogP contribution in [0.4, 0.5) is 0 Å². The summed E-state index contributed by atoms with van der Waals surface area (Å²) in [6.45, 7) is 6.71. The van der Waals surface area contributed by atoms with Crippen molar-refractivity contribution in [2.45, 2.75) is 0 Å². The van der Waals surface area contributed by atoms with E-state index in [1.165, 1.54) is 18.6 Å². The van der Waals surface area contributed by atoms with E-state index in [2.05, 4.69) is 23.1 Å². The smallest absolute Gasteiger partial charge is 0.141 e. The monoisotopic (exact) mass is 123 g/mol. The van der Waals surface area contributed by atoms with E-state index in [4.69, 9.17) is 5.73 Å². The Balaban J connectivity index is 3.88. The molecule has 9 heavy (non-hydrogen) atoms. The summed E-state index contributed by atoms with van der Waals surface area (Å²) in [5.41, 5.74) is 5.25. The van der Waals surface area contributed by atoms with Crippen LogP contribution in [0.15, 0.2) is 35.5 Å². The van der Waals surface area contributed by atoms with Crippen LogP contribution in [0, 0.1) is 0 Å². The van der Waals surface area contributed by atoms with E-state index >= 15 is 0 Å². The van der Waals surface area contributed by atoms with Crippen molar-refractivity contribution in [2.24, 2.45) is 15.7 Å². The summed E-state index contributed by atoms with van der Waals surface area (Å²) < 4.78 is 0. The standard InChI is InChI=1S/C6H9N3/c1-3-8-5-6(7)9-4-2/h3-5H,1-2H2,(H2,7,9). The van der Waals surface area contributed by atoms with Gasteiger partial charge in [-0.25, -0.2) is 4.99 Å². The third-order valence-corrected chi connectivity index (χ3v) is 0.553. The van der Waals surface area contributed by atoms with Gasteiger partial charge in [0.25, 0.3) is 0 Å². The molecule has 0 atom stereocenters. The van der Waals surface area contributed by atoms with Gasteiger partial charge in [-0.2, -0.15) is 0 Å². The molecule has 0 aliphatic carbocycles. The van der Waals surface area contributed by atoms with Crippen molar-refractivity contribution in [3.63, 3.8) is 0 Å². The van der Waals surface area contributed by atoms with Crippen LogP contribution >= 0.6 is 0 Å². The molecule has 0 aliphatic heterocycles. The van der Waals surface area contributed by atoms with E-state index in [-0.39, 0.29) is 0 Å². The average molecular weight is 123 g/mol. The molecule has 3 heteroatoms. The molecule has 0 aromatic carbocycles. The highest BCUT2D eigenvalue weighted by molar-refractivity contribution is 6.28. The number of nitrogens with two attached hydrogens (primary N) is 1. The van der Waals surface area contributed by atoms with E-state index < -0.39 is 0 Å². The Labute approximate surface area is 54.3 Å². The quantitative estimate of drug-likeness (QED) is 0.436. The minimum Gasteiger partial charge on any atom is -0.382 e. The molecular weight excluding hydrogens is 114 g/mol. The Morgan fingerprint density at radius 2 is 2.00 bits per heavy atom. The topological polar surface area (TPSA) is 50.7 Å². The molecule has 0 aliphatic rings. The predicted octanol–water partition coefficient (Wildman–Crippen LogP) is 0.701. The summed E-state index contributed by atoms with van der Waals surface area (Å²) in [6.07, 6.45) is 4.13. The van der Waals surface area contributed by atoms with Gasteiger partial charge >= 0.3 is 0 Å². The maximum Gasteiger partial charge on any atom is 0.141 e. The largest absolute Gasteiger partial charge is 0.382 e. The lowest BCUT2D eigenvalue weighted by molar-refractivity contribution is 1.53. The molecule has 0 rings (SSSR count). The third kappa shape index (κ3) is 4.47. The van der Waals surface area contributed by atoms with E-state index in [0.29, 0.717) is 5.84 Å². The summed E-state index contributed by atoms with van der Waals surface area (Å²) in [6, 6.07) is 0. The van der Waals surface area contributed by atoms with E-state index in [9.17, 15) is 0 Å². The fourth-order valence-electron chi connectivity index (χ4n) is 0.268. The highest BCUT2D eigenvalue weighted by atomic mass is 14.9. The minimum absolute atomic E-state index is 0.324. The van der Waals surface area contributed by atoms with Crippen molar-refractivity contribution < 1.29 is 0 Å². The van der Waals surface area contributed by atoms with Gasteiger partial charge in [0.05, 0.1) is 6.21 Å². The third-order valence-electron chi connectivity index (χ3n) is 0.553. The lowest BCUT2D eigenvalue weighted by Gasteiger charge is -1.82. The highest BCUT2D eigenvalue weighted by Crippen LogP contribution is 1.69. The molecule has 0 spiro atoms. The van der Waals surface area contributed by atoms with Crippen LogP contribution in [0.3, 0.4) is 0 Å². The van der Waals surface area contributed by atoms with Gasteiger partial charge in [-0.1, -0.05) is 13.2 Å². The van der Waals surface area contributed by atoms with E-state index in [0.717, 1.165) is 0 Å². The van der Waals surface area contributed by atoms with Crippen molar-refractivity contribution in [2.75, 3.05) is 0 Å². The summed E-state index contributed by atoms with van der Waals surface area (Å²) in [5, 5.41) is 0. The van der Waals surface area contributed by atoms with Crippen LogP contribution in [-0.2, 0) is 0 Å². The first-order valence-electron chi connectivity index (χ1n) is 2.39. The number of nitrogens with zero attached hydrogens (tertiary/aromatic N) is 2. The second-order valence-electron chi connectivity index (χ2n) is 1.20.